The summed E-state index contributed by atoms with van der Waals surface area (Å²) in [6, 6.07) is 7.99. The van der Waals surface area contributed by atoms with Crippen molar-refractivity contribution in [3.63, 3.8) is 0 Å². The molecule has 0 aliphatic heterocycles. The van der Waals surface area contributed by atoms with Crippen molar-refractivity contribution in [1.82, 2.24) is 4.98 Å². The molecule has 3 rings (SSSR count). The van der Waals surface area contributed by atoms with Crippen LogP contribution in [0.25, 0.3) is 10.8 Å². The molecule has 3 nitrogen and oxygen atoms in total. The number of nitrogens with two attached hydrogens (primary N) is 1. The van der Waals surface area contributed by atoms with Gasteiger partial charge in [-0.3, -0.25) is 4.98 Å². The van der Waals surface area contributed by atoms with E-state index in [0.29, 0.717) is 0 Å². The highest BCUT2D eigenvalue weighted by molar-refractivity contribution is 5.85. The van der Waals surface area contributed by atoms with Gasteiger partial charge in [0.25, 0.3) is 0 Å². The smallest absolute Gasteiger partial charge is 0.106 e. The highest BCUT2D eigenvalue weighted by atomic mass is 16.3. The lowest BCUT2D eigenvalue weighted by molar-refractivity contribution is 0.498. The number of rotatable bonds is 2. The van der Waals surface area contributed by atoms with Crippen LogP contribution in [-0.2, 0) is 0 Å². The molecule has 0 amide bonds. The van der Waals surface area contributed by atoms with Gasteiger partial charge in [0.2, 0.25) is 0 Å². The maximum atomic E-state index is 6.51. The minimum absolute atomic E-state index is 0.194. The number of pyridine rings is 1. The number of benzene rings is 1. The number of aromatic nitrogens is 1. The molecule has 2 N–H and O–H groups in total. The van der Waals surface area contributed by atoms with Gasteiger partial charge >= 0.3 is 0 Å². The first-order chi connectivity index (χ1) is 9.59. The van der Waals surface area contributed by atoms with E-state index in [4.69, 9.17) is 10.2 Å². The van der Waals surface area contributed by atoms with Crippen LogP contribution in [0.2, 0.25) is 0 Å². The fourth-order valence-corrected chi connectivity index (χ4v) is 2.83. The third kappa shape index (κ3) is 1.91. The molecule has 0 spiro atoms. The molecule has 0 saturated heterocycles. The molecule has 1 aromatic carbocycles. The monoisotopic (exact) mass is 266 g/mol. The lowest BCUT2D eigenvalue weighted by atomic mass is 9.93. The number of furan rings is 1. The van der Waals surface area contributed by atoms with E-state index in [1.165, 1.54) is 0 Å². The van der Waals surface area contributed by atoms with E-state index in [1.54, 1.807) is 6.20 Å². The van der Waals surface area contributed by atoms with Crippen LogP contribution in [0.4, 0.5) is 0 Å². The molecule has 3 aromatic rings. The molecule has 0 aliphatic rings. The maximum Gasteiger partial charge on any atom is 0.106 e. The Morgan fingerprint density at radius 1 is 1.10 bits per heavy atom. The van der Waals surface area contributed by atoms with E-state index in [2.05, 4.69) is 24.0 Å². The Bertz CT molecular complexity index is 769. The van der Waals surface area contributed by atoms with E-state index in [9.17, 15) is 0 Å². The van der Waals surface area contributed by atoms with Crippen molar-refractivity contribution >= 4 is 10.8 Å². The molecule has 2 heterocycles. The van der Waals surface area contributed by atoms with Crippen molar-refractivity contribution in [3.8, 4) is 0 Å². The fraction of sp³-hybridized carbons (Fsp3) is 0.235. The average molecular weight is 266 g/mol. The summed E-state index contributed by atoms with van der Waals surface area (Å²) in [7, 11) is 0. The molecule has 2 aromatic heterocycles. The summed E-state index contributed by atoms with van der Waals surface area (Å²) >= 11 is 0. The first-order valence-electron chi connectivity index (χ1n) is 6.74. The average Bonchev–Trinajstić information content (AvgIpc) is 2.71. The van der Waals surface area contributed by atoms with Crippen molar-refractivity contribution < 1.29 is 4.42 Å². The third-order valence-corrected chi connectivity index (χ3v) is 3.98. The summed E-state index contributed by atoms with van der Waals surface area (Å²) in [5.41, 5.74) is 9.81. The summed E-state index contributed by atoms with van der Waals surface area (Å²) in [5, 5.41) is 2.25. The number of hydrogen-bond donors (Lipinski definition) is 1. The Kier molecular flexibility index (Phi) is 3.07. The molecule has 102 valence electrons. The molecule has 3 heteroatoms. The summed E-state index contributed by atoms with van der Waals surface area (Å²) in [6.07, 6.45) is 3.68. The summed E-state index contributed by atoms with van der Waals surface area (Å²) < 4.78 is 5.70. The van der Waals surface area contributed by atoms with Crippen molar-refractivity contribution in [1.29, 1.82) is 0 Å². The van der Waals surface area contributed by atoms with Crippen LogP contribution in [0.5, 0.6) is 0 Å². The van der Waals surface area contributed by atoms with Gasteiger partial charge in [0, 0.05) is 23.3 Å². The predicted octanol–water partition coefficient (Wildman–Crippen LogP) is 3.80. The Hall–Kier alpha value is -2.13. The van der Waals surface area contributed by atoms with Crippen molar-refractivity contribution in [3.05, 3.63) is 64.9 Å². The topological polar surface area (TPSA) is 52.0 Å². The van der Waals surface area contributed by atoms with Crippen molar-refractivity contribution in [2.75, 3.05) is 0 Å². The highest BCUT2D eigenvalue weighted by Crippen LogP contribution is 2.32. The molecule has 0 aliphatic carbocycles. The molecular weight excluding hydrogens is 248 g/mol. The minimum Gasteiger partial charge on any atom is -0.466 e. The second-order valence-electron chi connectivity index (χ2n) is 5.17. The molecule has 0 radical (unpaired) electrons. The Balaban J connectivity index is 2.20. The van der Waals surface area contributed by atoms with E-state index in [1.807, 2.05) is 32.2 Å². The second kappa shape index (κ2) is 4.76. The zero-order valence-electron chi connectivity index (χ0n) is 12.0. The van der Waals surface area contributed by atoms with Crippen LogP contribution in [0, 0.1) is 20.8 Å². The first kappa shape index (κ1) is 12.9. The number of nitrogens with zero attached hydrogens (tertiary/aromatic N) is 1. The lowest BCUT2D eigenvalue weighted by Crippen LogP contribution is -2.14. The van der Waals surface area contributed by atoms with E-state index >= 15 is 0 Å². The van der Waals surface area contributed by atoms with Gasteiger partial charge in [-0.05, 0) is 43.4 Å². The summed E-state index contributed by atoms with van der Waals surface area (Å²) in [4.78, 5) is 4.22. The van der Waals surface area contributed by atoms with Gasteiger partial charge in [0.15, 0.2) is 0 Å². The van der Waals surface area contributed by atoms with Crippen LogP contribution < -0.4 is 5.73 Å². The van der Waals surface area contributed by atoms with Gasteiger partial charge in [-0.2, -0.15) is 0 Å². The minimum atomic E-state index is -0.194. The van der Waals surface area contributed by atoms with Gasteiger partial charge in [-0.1, -0.05) is 18.2 Å². The Morgan fingerprint density at radius 3 is 2.60 bits per heavy atom. The maximum absolute atomic E-state index is 6.51. The van der Waals surface area contributed by atoms with Gasteiger partial charge in [-0.25, -0.2) is 0 Å². The van der Waals surface area contributed by atoms with E-state index in [-0.39, 0.29) is 6.04 Å². The van der Waals surface area contributed by atoms with Gasteiger partial charge in [0.1, 0.15) is 11.5 Å². The van der Waals surface area contributed by atoms with Crippen LogP contribution in [0.1, 0.15) is 34.3 Å². The van der Waals surface area contributed by atoms with E-state index in [0.717, 1.165) is 39.0 Å². The van der Waals surface area contributed by atoms with Crippen LogP contribution in [0.3, 0.4) is 0 Å². The van der Waals surface area contributed by atoms with Gasteiger partial charge in [-0.15, -0.1) is 0 Å². The Labute approximate surface area is 118 Å². The van der Waals surface area contributed by atoms with Crippen LogP contribution in [-0.4, -0.2) is 4.98 Å². The van der Waals surface area contributed by atoms with Crippen LogP contribution in [0.15, 0.2) is 41.1 Å². The zero-order valence-corrected chi connectivity index (χ0v) is 12.0. The number of aryl methyl sites for hydroxylation is 2. The van der Waals surface area contributed by atoms with Crippen molar-refractivity contribution in [2.45, 2.75) is 26.8 Å². The third-order valence-electron chi connectivity index (χ3n) is 3.98. The SMILES string of the molecule is Cc1oc(C)c(C(N)c2cccc3ccncc23)c1C. The van der Waals surface area contributed by atoms with Crippen molar-refractivity contribution in [2.24, 2.45) is 5.73 Å². The summed E-state index contributed by atoms with van der Waals surface area (Å²) in [6.45, 7) is 6.01. The quantitative estimate of drug-likeness (QED) is 0.767. The predicted molar refractivity (Wildman–Crippen MR) is 80.7 cm³/mol. The lowest BCUT2D eigenvalue weighted by Gasteiger charge is -2.15. The Morgan fingerprint density at radius 2 is 1.90 bits per heavy atom. The molecule has 1 atom stereocenters. The first-order valence-corrected chi connectivity index (χ1v) is 6.74. The molecule has 0 fully saturated rings. The van der Waals surface area contributed by atoms with E-state index < -0.39 is 0 Å². The standard InChI is InChI=1S/C17H18N2O/c1-10-11(2)20-12(3)16(10)17(18)14-6-4-5-13-7-8-19-9-15(13)14/h4-9,17H,18H2,1-3H3. The molecule has 0 bridgehead atoms. The second-order valence-corrected chi connectivity index (χ2v) is 5.17. The van der Waals surface area contributed by atoms with Gasteiger partial charge < -0.3 is 10.2 Å². The number of fused-ring (bicyclic) bond motifs is 1. The summed E-state index contributed by atoms with van der Waals surface area (Å²) in [5.74, 6) is 1.83. The largest absolute Gasteiger partial charge is 0.466 e. The molecule has 20 heavy (non-hydrogen) atoms. The fourth-order valence-electron chi connectivity index (χ4n) is 2.83. The number of hydrogen-bond acceptors (Lipinski definition) is 3. The highest BCUT2D eigenvalue weighted by Gasteiger charge is 2.20. The zero-order chi connectivity index (χ0) is 14.3. The molecule has 1 unspecified atom stereocenters. The van der Waals surface area contributed by atoms with Crippen LogP contribution >= 0.6 is 0 Å². The molecule has 0 saturated carbocycles. The molecular formula is C17H18N2O. The normalized spacial score (nSPS) is 12.8. The van der Waals surface area contributed by atoms with Gasteiger partial charge in [0.05, 0.1) is 6.04 Å².